The number of phenols is 1. The zero-order valence-electron chi connectivity index (χ0n) is 19.0. The second-order valence-corrected chi connectivity index (χ2v) is 7.44. The van der Waals surface area contributed by atoms with Gasteiger partial charge in [-0.25, -0.2) is 0 Å². The maximum absolute atomic E-state index is 10.3. The van der Waals surface area contributed by atoms with Gasteiger partial charge in [0.05, 0.1) is 7.11 Å². The molecule has 1 aliphatic heterocycles. The molecule has 2 aromatic carbocycles. The van der Waals surface area contributed by atoms with Crippen LogP contribution in [-0.2, 0) is 6.42 Å². The van der Waals surface area contributed by atoms with Gasteiger partial charge in [0.2, 0.25) is 0 Å². The number of guanidine groups is 1. The quantitative estimate of drug-likeness (QED) is 0.282. The van der Waals surface area contributed by atoms with E-state index in [0.717, 1.165) is 56.5 Å². The van der Waals surface area contributed by atoms with E-state index in [0.29, 0.717) is 25.3 Å². The van der Waals surface area contributed by atoms with Gasteiger partial charge in [0, 0.05) is 45.8 Å². The molecule has 176 valence electrons. The van der Waals surface area contributed by atoms with E-state index in [4.69, 9.17) is 14.5 Å². The van der Waals surface area contributed by atoms with E-state index in [-0.39, 0.29) is 29.7 Å². The van der Waals surface area contributed by atoms with Crippen LogP contribution in [0.5, 0.6) is 17.2 Å². The number of hydrogen-bond acceptors (Lipinski definition) is 5. The van der Waals surface area contributed by atoms with E-state index in [1.807, 2.05) is 42.5 Å². The van der Waals surface area contributed by atoms with E-state index < -0.39 is 0 Å². The van der Waals surface area contributed by atoms with Gasteiger partial charge in [0.15, 0.2) is 17.5 Å². The van der Waals surface area contributed by atoms with Gasteiger partial charge in [0.25, 0.3) is 0 Å². The van der Waals surface area contributed by atoms with Crippen LogP contribution in [0.15, 0.2) is 53.5 Å². The van der Waals surface area contributed by atoms with Gasteiger partial charge in [-0.15, -0.1) is 24.0 Å². The average molecular weight is 554 g/mol. The average Bonchev–Trinajstić information content (AvgIpc) is 2.81. The number of aromatic hydroxyl groups is 1. The smallest absolute Gasteiger partial charge is 0.194 e. The highest BCUT2D eigenvalue weighted by Crippen LogP contribution is 2.29. The number of aliphatic imine (C=N–C) groups is 1. The summed E-state index contributed by atoms with van der Waals surface area (Å²) in [4.78, 5) is 9.53. The minimum Gasteiger partial charge on any atom is -0.504 e. The number of methoxy groups -OCH3 is 1. The predicted molar refractivity (Wildman–Crippen MR) is 140 cm³/mol. The molecule has 0 unspecified atom stereocenters. The second kappa shape index (κ2) is 14.1. The fraction of sp³-hybridized carbons (Fsp3) is 0.458. The van der Waals surface area contributed by atoms with Crippen LogP contribution in [0.25, 0.3) is 0 Å². The molecule has 0 aliphatic carbocycles. The van der Waals surface area contributed by atoms with Gasteiger partial charge in [0.1, 0.15) is 12.4 Å². The van der Waals surface area contributed by atoms with Gasteiger partial charge in [-0.3, -0.25) is 9.89 Å². The maximum atomic E-state index is 10.3. The molecule has 0 aromatic heterocycles. The number of rotatable bonds is 9. The van der Waals surface area contributed by atoms with Crippen molar-refractivity contribution in [3.8, 4) is 17.2 Å². The Kier molecular flexibility index (Phi) is 11.4. The molecular weight excluding hydrogens is 519 g/mol. The van der Waals surface area contributed by atoms with Crippen molar-refractivity contribution in [2.45, 2.75) is 13.3 Å². The van der Waals surface area contributed by atoms with Crippen LogP contribution in [0.4, 0.5) is 0 Å². The number of phenolic OH excluding ortho intramolecular Hbond substituents is 1. The molecule has 2 aromatic rings. The SMILES string of the molecule is CCNC(=NCCc1cccc(OC)c1O)N1CCN(CCOc2ccccc2)CC1.I. The zero-order valence-corrected chi connectivity index (χ0v) is 21.3. The van der Waals surface area contributed by atoms with Crippen molar-refractivity contribution in [3.05, 3.63) is 54.1 Å². The summed E-state index contributed by atoms with van der Waals surface area (Å²) in [5.74, 6) is 2.56. The normalized spacial score (nSPS) is 14.6. The number of halogens is 1. The van der Waals surface area contributed by atoms with Crippen molar-refractivity contribution < 1.29 is 14.6 Å². The van der Waals surface area contributed by atoms with Gasteiger partial charge in [-0.05, 0) is 37.1 Å². The molecular formula is C24H35IN4O3. The summed E-state index contributed by atoms with van der Waals surface area (Å²) in [6.07, 6.45) is 0.661. The Bertz CT molecular complexity index is 827. The Morgan fingerprint density at radius 3 is 2.50 bits per heavy atom. The Morgan fingerprint density at radius 2 is 1.81 bits per heavy atom. The number of nitrogens with zero attached hydrogens (tertiary/aromatic N) is 3. The standard InChI is InChI=1S/C24H34N4O3.HI/c1-3-25-24(26-13-12-20-8-7-11-22(30-2)23(20)29)28-16-14-27(15-17-28)18-19-31-21-9-5-4-6-10-21;/h4-11,29H,3,12-19H2,1-2H3,(H,25,26);1H. The number of para-hydroxylation sites is 2. The number of hydrogen-bond donors (Lipinski definition) is 2. The molecule has 0 spiro atoms. The lowest BCUT2D eigenvalue weighted by molar-refractivity contribution is 0.152. The Morgan fingerprint density at radius 1 is 1.06 bits per heavy atom. The van der Waals surface area contributed by atoms with E-state index in [2.05, 4.69) is 22.0 Å². The Hall–Kier alpha value is -2.20. The number of ether oxygens (including phenoxy) is 2. The molecule has 1 fully saturated rings. The molecule has 0 atom stereocenters. The van der Waals surface area contributed by atoms with Crippen molar-refractivity contribution in [2.75, 3.05) is 59.5 Å². The summed E-state index contributed by atoms with van der Waals surface area (Å²) in [5.41, 5.74) is 0.849. The van der Waals surface area contributed by atoms with Crippen LogP contribution in [0, 0.1) is 0 Å². The zero-order chi connectivity index (χ0) is 21.9. The van der Waals surface area contributed by atoms with Gasteiger partial charge >= 0.3 is 0 Å². The lowest BCUT2D eigenvalue weighted by atomic mass is 10.1. The molecule has 1 aliphatic rings. The molecule has 0 amide bonds. The molecule has 0 bridgehead atoms. The maximum Gasteiger partial charge on any atom is 0.194 e. The second-order valence-electron chi connectivity index (χ2n) is 7.44. The largest absolute Gasteiger partial charge is 0.504 e. The van der Waals surface area contributed by atoms with Crippen molar-refractivity contribution >= 4 is 29.9 Å². The number of nitrogens with one attached hydrogen (secondary N) is 1. The number of benzene rings is 2. The highest BCUT2D eigenvalue weighted by atomic mass is 127. The minimum absolute atomic E-state index is 0. The third kappa shape index (κ3) is 7.74. The fourth-order valence-electron chi connectivity index (χ4n) is 3.63. The van der Waals surface area contributed by atoms with E-state index in [1.54, 1.807) is 13.2 Å². The Labute approximate surface area is 208 Å². The highest BCUT2D eigenvalue weighted by molar-refractivity contribution is 14.0. The highest BCUT2D eigenvalue weighted by Gasteiger charge is 2.19. The number of piperazine rings is 1. The van der Waals surface area contributed by atoms with Gasteiger partial charge < -0.3 is 24.8 Å². The van der Waals surface area contributed by atoms with Crippen molar-refractivity contribution in [3.63, 3.8) is 0 Å². The molecule has 0 saturated carbocycles. The van der Waals surface area contributed by atoms with Crippen molar-refractivity contribution in [1.82, 2.24) is 15.1 Å². The first-order valence-electron chi connectivity index (χ1n) is 11.0. The predicted octanol–water partition coefficient (Wildman–Crippen LogP) is 3.22. The van der Waals surface area contributed by atoms with Crippen LogP contribution in [-0.4, -0.2) is 80.4 Å². The molecule has 32 heavy (non-hydrogen) atoms. The van der Waals surface area contributed by atoms with Crippen LogP contribution >= 0.6 is 24.0 Å². The molecule has 8 heteroatoms. The van der Waals surface area contributed by atoms with Crippen LogP contribution in [0.3, 0.4) is 0 Å². The molecule has 2 N–H and O–H groups in total. The summed E-state index contributed by atoms with van der Waals surface area (Å²) in [5, 5.41) is 13.7. The van der Waals surface area contributed by atoms with Crippen molar-refractivity contribution in [2.24, 2.45) is 4.99 Å². The molecule has 3 rings (SSSR count). The minimum atomic E-state index is 0. The van der Waals surface area contributed by atoms with Crippen LogP contribution in [0.2, 0.25) is 0 Å². The topological polar surface area (TPSA) is 69.6 Å². The van der Waals surface area contributed by atoms with Crippen LogP contribution < -0.4 is 14.8 Å². The summed E-state index contributed by atoms with van der Waals surface area (Å²) in [6.45, 7) is 8.97. The van der Waals surface area contributed by atoms with E-state index in [9.17, 15) is 5.11 Å². The molecule has 0 radical (unpaired) electrons. The third-order valence-electron chi connectivity index (χ3n) is 5.37. The Balaban J connectivity index is 0.00000363. The summed E-state index contributed by atoms with van der Waals surface area (Å²) < 4.78 is 11.0. The molecule has 1 saturated heterocycles. The summed E-state index contributed by atoms with van der Waals surface area (Å²) in [7, 11) is 1.56. The lowest BCUT2D eigenvalue weighted by Crippen LogP contribution is -2.53. The first-order chi connectivity index (χ1) is 15.2. The summed E-state index contributed by atoms with van der Waals surface area (Å²) in [6, 6.07) is 15.5. The molecule has 7 nitrogen and oxygen atoms in total. The van der Waals surface area contributed by atoms with Crippen molar-refractivity contribution in [1.29, 1.82) is 0 Å². The van der Waals surface area contributed by atoms with Crippen LogP contribution in [0.1, 0.15) is 12.5 Å². The monoisotopic (exact) mass is 554 g/mol. The fourth-order valence-corrected chi connectivity index (χ4v) is 3.63. The summed E-state index contributed by atoms with van der Waals surface area (Å²) >= 11 is 0. The third-order valence-corrected chi connectivity index (χ3v) is 5.37. The van der Waals surface area contributed by atoms with Gasteiger partial charge in [-0.1, -0.05) is 30.3 Å². The van der Waals surface area contributed by atoms with E-state index in [1.165, 1.54) is 0 Å². The first-order valence-corrected chi connectivity index (χ1v) is 11.0. The van der Waals surface area contributed by atoms with Gasteiger partial charge in [-0.2, -0.15) is 0 Å². The van der Waals surface area contributed by atoms with E-state index >= 15 is 0 Å². The first kappa shape index (κ1) is 26.1. The lowest BCUT2D eigenvalue weighted by Gasteiger charge is -2.36. The molecule has 1 heterocycles.